The van der Waals surface area contributed by atoms with Crippen molar-refractivity contribution in [2.45, 2.75) is 25.8 Å². The smallest absolute Gasteiger partial charge is 0.325 e. The topological polar surface area (TPSA) is 77.1 Å². The summed E-state index contributed by atoms with van der Waals surface area (Å²) in [4.78, 5) is 26.8. The summed E-state index contributed by atoms with van der Waals surface area (Å²) in [5.74, 6) is 1.63. The predicted molar refractivity (Wildman–Crippen MR) is 106 cm³/mol. The molecule has 2 heterocycles. The lowest BCUT2D eigenvalue weighted by Crippen LogP contribution is -2.41. The van der Waals surface area contributed by atoms with E-state index in [1.807, 2.05) is 31.2 Å². The van der Waals surface area contributed by atoms with Crippen LogP contribution in [-0.4, -0.2) is 43.2 Å². The monoisotopic (exact) mass is 396 g/mol. The normalized spacial score (nSPS) is 21.0. The summed E-state index contributed by atoms with van der Waals surface area (Å²) in [5.41, 5.74) is 0.576. The Morgan fingerprint density at radius 3 is 2.69 bits per heavy atom. The molecule has 152 valence electrons. The minimum Gasteiger partial charge on any atom is -0.492 e. The van der Waals surface area contributed by atoms with Crippen LogP contribution in [0.15, 0.2) is 42.5 Å². The molecule has 2 aromatic rings. The van der Waals surface area contributed by atoms with Gasteiger partial charge in [-0.3, -0.25) is 9.69 Å². The van der Waals surface area contributed by atoms with Crippen molar-refractivity contribution >= 4 is 11.9 Å². The van der Waals surface area contributed by atoms with Crippen LogP contribution < -0.4 is 19.5 Å². The van der Waals surface area contributed by atoms with Crippen LogP contribution in [0, 0.1) is 6.92 Å². The lowest BCUT2D eigenvalue weighted by molar-refractivity contribution is -0.131. The van der Waals surface area contributed by atoms with Crippen LogP contribution in [0.25, 0.3) is 0 Å². The van der Waals surface area contributed by atoms with E-state index in [9.17, 15) is 9.59 Å². The molecule has 0 aliphatic carbocycles. The van der Waals surface area contributed by atoms with Gasteiger partial charge < -0.3 is 19.5 Å². The Bertz CT molecular complexity index is 945. The average molecular weight is 396 g/mol. The van der Waals surface area contributed by atoms with E-state index in [4.69, 9.17) is 14.2 Å². The first-order valence-corrected chi connectivity index (χ1v) is 9.71. The molecular weight excluding hydrogens is 372 g/mol. The third-order valence-electron chi connectivity index (χ3n) is 5.17. The molecule has 2 aliphatic heterocycles. The van der Waals surface area contributed by atoms with Gasteiger partial charge in [0.15, 0.2) is 11.5 Å². The molecule has 1 unspecified atom stereocenters. The first-order valence-electron chi connectivity index (χ1n) is 9.71. The van der Waals surface area contributed by atoms with E-state index in [0.717, 1.165) is 12.0 Å². The maximum atomic E-state index is 13.1. The molecule has 0 bridgehead atoms. The van der Waals surface area contributed by atoms with Crippen LogP contribution in [0.2, 0.25) is 0 Å². The second kappa shape index (κ2) is 7.66. The van der Waals surface area contributed by atoms with E-state index in [2.05, 4.69) is 5.32 Å². The van der Waals surface area contributed by atoms with Gasteiger partial charge in [0, 0.05) is 6.42 Å². The van der Waals surface area contributed by atoms with Crippen LogP contribution >= 0.6 is 0 Å². The predicted octanol–water partition coefficient (Wildman–Crippen LogP) is 3.00. The lowest BCUT2D eigenvalue weighted by Gasteiger charge is -2.23. The molecule has 2 aromatic carbocycles. The number of hydrogen-bond donors (Lipinski definition) is 1. The van der Waals surface area contributed by atoms with Crippen molar-refractivity contribution < 1.29 is 23.8 Å². The number of benzene rings is 2. The fourth-order valence-electron chi connectivity index (χ4n) is 3.53. The standard InChI is InChI=1S/C22H24N2O5/c1-15-5-3-6-17(13-15)27-12-9-24-20(25)22(2,23-21(24)26)16-7-8-18-19(14-16)29-11-4-10-28-18/h3,5-8,13-14H,4,9-12H2,1-2H3,(H,23,26). The molecule has 0 spiro atoms. The molecule has 1 N–H and O–H groups in total. The maximum absolute atomic E-state index is 13.1. The Balaban J connectivity index is 1.47. The third kappa shape index (κ3) is 3.72. The number of hydrogen-bond acceptors (Lipinski definition) is 5. The molecule has 7 heteroatoms. The van der Waals surface area contributed by atoms with E-state index < -0.39 is 11.6 Å². The van der Waals surface area contributed by atoms with Crippen molar-refractivity contribution in [3.8, 4) is 17.2 Å². The van der Waals surface area contributed by atoms with E-state index in [0.29, 0.717) is 36.0 Å². The van der Waals surface area contributed by atoms with E-state index >= 15 is 0 Å². The number of nitrogens with one attached hydrogen (secondary N) is 1. The van der Waals surface area contributed by atoms with E-state index in [-0.39, 0.29) is 19.1 Å². The van der Waals surface area contributed by atoms with Crippen LogP contribution in [0.4, 0.5) is 4.79 Å². The Morgan fingerprint density at radius 1 is 1.10 bits per heavy atom. The molecule has 1 saturated heterocycles. The summed E-state index contributed by atoms with van der Waals surface area (Å²) < 4.78 is 17.1. The number of rotatable bonds is 5. The van der Waals surface area contributed by atoms with Gasteiger partial charge in [-0.25, -0.2) is 4.79 Å². The number of carbonyl (C=O) groups is 2. The Morgan fingerprint density at radius 2 is 1.90 bits per heavy atom. The first-order chi connectivity index (χ1) is 14.0. The van der Waals surface area contributed by atoms with Gasteiger partial charge in [0.1, 0.15) is 17.9 Å². The van der Waals surface area contributed by atoms with Gasteiger partial charge >= 0.3 is 6.03 Å². The van der Waals surface area contributed by atoms with Crippen LogP contribution in [0.3, 0.4) is 0 Å². The van der Waals surface area contributed by atoms with Gasteiger partial charge in [0.05, 0.1) is 19.8 Å². The fraction of sp³-hybridized carbons (Fsp3) is 0.364. The summed E-state index contributed by atoms with van der Waals surface area (Å²) in [6.45, 7) is 5.21. The van der Waals surface area contributed by atoms with Crippen molar-refractivity contribution in [1.82, 2.24) is 10.2 Å². The third-order valence-corrected chi connectivity index (χ3v) is 5.17. The number of imide groups is 1. The summed E-state index contributed by atoms with van der Waals surface area (Å²) in [6.07, 6.45) is 0.797. The largest absolute Gasteiger partial charge is 0.492 e. The molecule has 0 saturated carbocycles. The van der Waals surface area contributed by atoms with E-state index in [1.54, 1.807) is 25.1 Å². The second-order valence-electron chi connectivity index (χ2n) is 7.39. The van der Waals surface area contributed by atoms with E-state index in [1.165, 1.54) is 4.90 Å². The summed E-state index contributed by atoms with van der Waals surface area (Å²) in [6, 6.07) is 12.5. The van der Waals surface area contributed by atoms with Crippen molar-refractivity contribution in [2.24, 2.45) is 0 Å². The lowest BCUT2D eigenvalue weighted by atomic mass is 9.91. The minimum absolute atomic E-state index is 0.165. The summed E-state index contributed by atoms with van der Waals surface area (Å²) >= 11 is 0. The molecule has 29 heavy (non-hydrogen) atoms. The Labute approximate surface area is 169 Å². The number of ether oxygens (including phenoxy) is 3. The van der Waals surface area contributed by atoms with Gasteiger partial charge in [-0.05, 0) is 49.2 Å². The molecule has 1 atom stereocenters. The number of carbonyl (C=O) groups excluding carboxylic acids is 2. The molecule has 3 amide bonds. The van der Waals surface area contributed by atoms with Crippen LogP contribution in [0.5, 0.6) is 17.2 Å². The van der Waals surface area contributed by atoms with Gasteiger partial charge in [-0.15, -0.1) is 0 Å². The highest BCUT2D eigenvalue weighted by Crippen LogP contribution is 2.36. The van der Waals surface area contributed by atoms with Crippen LogP contribution in [0.1, 0.15) is 24.5 Å². The zero-order chi connectivity index (χ0) is 20.4. The zero-order valence-corrected chi connectivity index (χ0v) is 16.6. The summed E-state index contributed by atoms with van der Waals surface area (Å²) in [5, 5.41) is 2.81. The molecule has 0 radical (unpaired) electrons. The SMILES string of the molecule is Cc1cccc(OCCN2C(=O)NC(C)(c3ccc4c(c3)OCCCO4)C2=O)c1. The van der Waals surface area contributed by atoms with Crippen LogP contribution in [-0.2, 0) is 10.3 Å². The molecule has 7 nitrogen and oxygen atoms in total. The maximum Gasteiger partial charge on any atom is 0.325 e. The quantitative estimate of drug-likeness (QED) is 0.787. The Kier molecular flexibility index (Phi) is 5.05. The minimum atomic E-state index is -1.16. The first kappa shape index (κ1) is 19.1. The number of aryl methyl sites for hydroxylation is 1. The number of nitrogens with zero attached hydrogens (tertiary/aromatic N) is 1. The zero-order valence-electron chi connectivity index (χ0n) is 16.6. The average Bonchev–Trinajstić information content (AvgIpc) is 2.86. The van der Waals surface area contributed by atoms with Crippen molar-refractivity contribution in [1.29, 1.82) is 0 Å². The van der Waals surface area contributed by atoms with Gasteiger partial charge in [0.2, 0.25) is 0 Å². The molecule has 2 aliphatic rings. The molecular formula is C22H24N2O5. The van der Waals surface area contributed by atoms with Gasteiger partial charge in [-0.1, -0.05) is 18.2 Å². The van der Waals surface area contributed by atoms with Crippen molar-refractivity contribution in [2.75, 3.05) is 26.4 Å². The summed E-state index contributed by atoms with van der Waals surface area (Å²) in [7, 11) is 0. The molecule has 4 rings (SSSR count). The number of amides is 3. The molecule has 0 aromatic heterocycles. The molecule has 1 fully saturated rings. The number of fused-ring (bicyclic) bond motifs is 1. The highest BCUT2D eigenvalue weighted by Gasteiger charge is 2.49. The van der Waals surface area contributed by atoms with Gasteiger partial charge in [0.25, 0.3) is 5.91 Å². The second-order valence-corrected chi connectivity index (χ2v) is 7.39. The van der Waals surface area contributed by atoms with Crippen molar-refractivity contribution in [3.63, 3.8) is 0 Å². The fourth-order valence-corrected chi connectivity index (χ4v) is 3.53. The van der Waals surface area contributed by atoms with Gasteiger partial charge in [-0.2, -0.15) is 0 Å². The number of urea groups is 1. The Hall–Kier alpha value is -3.22. The highest BCUT2D eigenvalue weighted by molar-refractivity contribution is 6.07. The highest BCUT2D eigenvalue weighted by atomic mass is 16.5. The van der Waals surface area contributed by atoms with Crippen molar-refractivity contribution in [3.05, 3.63) is 53.6 Å².